The van der Waals surface area contributed by atoms with Crippen molar-refractivity contribution in [2.45, 2.75) is 0 Å². The second-order valence-electron chi connectivity index (χ2n) is 5.34. The molecule has 2 aromatic rings. The number of methoxy groups -OCH3 is 3. The van der Waals surface area contributed by atoms with Crippen LogP contribution in [0.3, 0.4) is 0 Å². The lowest BCUT2D eigenvalue weighted by Crippen LogP contribution is -2.31. The fraction of sp³-hybridized carbons (Fsp3) is 0.211. The molecule has 1 amide bonds. The van der Waals surface area contributed by atoms with Crippen LogP contribution in [0, 0.1) is 10.1 Å². The molecule has 0 spiro atoms. The molecule has 0 saturated carbocycles. The molecular weight excluding hydrogens is 352 g/mol. The van der Waals surface area contributed by atoms with E-state index in [0.717, 1.165) is 0 Å². The molecule has 2 rings (SSSR count). The van der Waals surface area contributed by atoms with Crippen molar-refractivity contribution in [1.82, 2.24) is 0 Å². The molecule has 0 bridgehead atoms. The molecule has 0 aliphatic rings. The highest BCUT2D eigenvalue weighted by Crippen LogP contribution is 2.46. The monoisotopic (exact) mass is 372 g/mol. The lowest BCUT2D eigenvalue weighted by Gasteiger charge is -2.22. The number of hydrogen-bond acceptors (Lipinski definition) is 6. The Morgan fingerprint density at radius 3 is 2.26 bits per heavy atom. The summed E-state index contributed by atoms with van der Waals surface area (Å²) in [4.78, 5) is 25.6. The Bertz CT molecular complexity index is 851. The van der Waals surface area contributed by atoms with Crippen molar-refractivity contribution in [3.05, 3.63) is 64.7 Å². The van der Waals surface area contributed by atoms with Gasteiger partial charge in [0.15, 0.2) is 5.75 Å². The molecule has 142 valence electrons. The summed E-state index contributed by atoms with van der Waals surface area (Å²) >= 11 is 0. The van der Waals surface area contributed by atoms with E-state index in [1.165, 1.54) is 38.4 Å². The molecule has 0 heterocycles. The van der Waals surface area contributed by atoms with Gasteiger partial charge in [0.25, 0.3) is 5.91 Å². The van der Waals surface area contributed by atoms with Crippen molar-refractivity contribution in [1.29, 1.82) is 0 Å². The first-order chi connectivity index (χ1) is 13.0. The average Bonchev–Trinajstić information content (AvgIpc) is 2.70. The number of para-hydroxylation sites is 1. The minimum atomic E-state index is -0.675. The van der Waals surface area contributed by atoms with Crippen molar-refractivity contribution >= 4 is 17.3 Å². The van der Waals surface area contributed by atoms with Gasteiger partial charge in [-0.2, -0.15) is 0 Å². The molecule has 0 radical (unpaired) electrons. The summed E-state index contributed by atoms with van der Waals surface area (Å²) in [5.74, 6) is -0.586. The topological polar surface area (TPSA) is 91.1 Å². The van der Waals surface area contributed by atoms with Crippen molar-refractivity contribution in [3.8, 4) is 17.2 Å². The van der Waals surface area contributed by atoms with Crippen molar-refractivity contribution in [3.63, 3.8) is 0 Å². The highest BCUT2D eigenvalue weighted by Gasteiger charge is 2.34. The molecule has 0 N–H and O–H groups in total. The molecule has 0 aliphatic carbocycles. The zero-order chi connectivity index (χ0) is 20.0. The van der Waals surface area contributed by atoms with Crippen LogP contribution in [0.15, 0.2) is 49.1 Å². The van der Waals surface area contributed by atoms with Crippen molar-refractivity contribution < 1.29 is 23.9 Å². The molecule has 8 heteroatoms. The maximum Gasteiger partial charge on any atom is 0.327 e. The SMILES string of the molecule is C=CCN(C(=O)c1cc(OC)c(OC)c(OC)c1[N+](=O)[O-])c1ccccc1. The maximum absolute atomic E-state index is 13.2. The van der Waals surface area contributed by atoms with Gasteiger partial charge in [0.2, 0.25) is 11.5 Å². The number of nitro benzene ring substituents is 1. The van der Waals surface area contributed by atoms with Gasteiger partial charge in [-0.1, -0.05) is 24.3 Å². The van der Waals surface area contributed by atoms with E-state index in [0.29, 0.717) is 5.69 Å². The number of rotatable bonds is 8. The Labute approximate surface area is 156 Å². The smallest absolute Gasteiger partial charge is 0.327 e. The van der Waals surface area contributed by atoms with E-state index >= 15 is 0 Å². The zero-order valence-corrected chi connectivity index (χ0v) is 15.3. The Hall–Kier alpha value is -3.55. The second kappa shape index (κ2) is 8.70. The van der Waals surface area contributed by atoms with Gasteiger partial charge in [0.05, 0.1) is 26.3 Å². The van der Waals surface area contributed by atoms with E-state index < -0.39 is 16.5 Å². The van der Waals surface area contributed by atoms with Gasteiger partial charge in [-0.05, 0) is 12.1 Å². The number of amides is 1. The van der Waals surface area contributed by atoms with Crippen LogP contribution in [0.1, 0.15) is 10.4 Å². The normalized spacial score (nSPS) is 10.0. The van der Waals surface area contributed by atoms with Gasteiger partial charge >= 0.3 is 5.69 Å². The van der Waals surface area contributed by atoms with Gasteiger partial charge in [-0.15, -0.1) is 6.58 Å². The highest BCUT2D eigenvalue weighted by molar-refractivity contribution is 6.10. The van der Waals surface area contributed by atoms with Gasteiger partial charge in [-0.25, -0.2) is 0 Å². The molecule has 2 aromatic carbocycles. The third-order valence-corrected chi connectivity index (χ3v) is 3.84. The summed E-state index contributed by atoms with van der Waals surface area (Å²) in [7, 11) is 3.97. The average molecular weight is 372 g/mol. The minimum absolute atomic E-state index is 0.0400. The van der Waals surface area contributed by atoms with Crippen LogP contribution in [0.25, 0.3) is 0 Å². The summed E-state index contributed by atoms with van der Waals surface area (Å²) < 4.78 is 15.6. The number of nitro groups is 1. The van der Waals surface area contributed by atoms with E-state index in [1.807, 2.05) is 6.07 Å². The van der Waals surface area contributed by atoms with Gasteiger partial charge in [0, 0.05) is 18.3 Å². The summed E-state index contributed by atoms with van der Waals surface area (Å²) in [5.41, 5.74) is -0.101. The number of benzene rings is 2. The third-order valence-electron chi connectivity index (χ3n) is 3.84. The fourth-order valence-corrected chi connectivity index (χ4v) is 2.67. The lowest BCUT2D eigenvalue weighted by atomic mass is 10.1. The lowest BCUT2D eigenvalue weighted by molar-refractivity contribution is -0.386. The highest BCUT2D eigenvalue weighted by atomic mass is 16.6. The predicted molar refractivity (Wildman–Crippen MR) is 101 cm³/mol. The third kappa shape index (κ3) is 3.84. The second-order valence-corrected chi connectivity index (χ2v) is 5.34. The molecule has 0 saturated heterocycles. The van der Waals surface area contributed by atoms with Crippen LogP contribution in [0.4, 0.5) is 11.4 Å². The molecule has 0 aromatic heterocycles. The maximum atomic E-state index is 13.2. The van der Waals surface area contributed by atoms with Crippen LogP contribution >= 0.6 is 0 Å². The minimum Gasteiger partial charge on any atom is -0.493 e. The summed E-state index contributed by atoms with van der Waals surface area (Å²) in [6, 6.07) is 10.1. The van der Waals surface area contributed by atoms with Crippen molar-refractivity contribution in [2.24, 2.45) is 0 Å². The van der Waals surface area contributed by atoms with E-state index in [4.69, 9.17) is 14.2 Å². The fourth-order valence-electron chi connectivity index (χ4n) is 2.67. The van der Waals surface area contributed by atoms with Crippen LogP contribution in [0.5, 0.6) is 17.2 Å². The number of hydrogen-bond donors (Lipinski definition) is 0. The van der Waals surface area contributed by atoms with Crippen LogP contribution < -0.4 is 19.1 Å². The number of ether oxygens (including phenoxy) is 3. The standard InChI is InChI=1S/C19H20N2O6/c1-5-11-20(13-9-7-6-8-10-13)19(22)14-12-15(25-2)17(26-3)18(27-4)16(14)21(23)24/h5-10,12H,1,11H2,2-4H3. The molecule has 0 atom stereocenters. The summed E-state index contributed by atoms with van der Waals surface area (Å²) in [5, 5.41) is 11.7. The Morgan fingerprint density at radius 1 is 1.15 bits per heavy atom. The first-order valence-electron chi connectivity index (χ1n) is 7.95. The molecule has 0 unspecified atom stereocenters. The summed E-state index contributed by atoms with van der Waals surface area (Å²) in [6.07, 6.45) is 1.54. The molecule has 0 fully saturated rings. The first-order valence-corrected chi connectivity index (χ1v) is 7.95. The van der Waals surface area contributed by atoms with Crippen LogP contribution in [0.2, 0.25) is 0 Å². The first kappa shape index (κ1) is 19.8. The van der Waals surface area contributed by atoms with Gasteiger partial charge in [0.1, 0.15) is 5.56 Å². The predicted octanol–water partition coefficient (Wildman–Crippen LogP) is 3.45. The Morgan fingerprint density at radius 2 is 1.78 bits per heavy atom. The number of anilines is 1. The molecular formula is C19H20N2O6. The number of nitrogens with zero attached hydrogens (tertiary/aromatic N) is 2. The van der Waals surface area contributed by atoms with Gasteiger partial charge < -0.3 is 19.1 Å². The van der Waals surface area contributed by atoms with E-state index in [1.54, 1.807) is 24.3 Å². The summed E-state index contributed by atoms with van der Waals surface area (Å²) in [6.45, 7) is 3.82. The number of carbonyl (C=O) groups excluding carboxylic acids is 1. The van der Waals surface area contributed by atoms with Gasteiger partial charge in [-0.3, -0.25) is 14.9 Å². The zero-order valence-electron chi connectivity index (χ0n) is 15.3. The van der Waals surface area contributed by atoms with E-state index in [-0.39, 0.29) is 29.4 Å². The quantitative estimate of drug-likeness (QED) is 0.400. The van der Waals surface area contributed by atoms with Crippen LogP contribution in [-0.2, 0) is 0 Å². The molecule has 0 aliphatic heterocycles. The Kier molecular flexibility index (Phi) is 6.37. The Balaban J connectivity index is 2.72. The molecule has 8 nitrogen and oxygen atoms in total. The molecule has 27 heavy (non-hydrogen) atoms. The van der Waals surface area contributed by atoms with Crippen molar-refractivity contribution in [2.75, 3.05) is 32.8 Å². The van der Waals surface area contributed by atoms with E-state index in [2.05, 4.69) is 6.58 Å². The van der Waals surface area contributed by atoms with Crippen LogP contribution in [-0.4, -0.2) is 38.7 Å². The number of carbonyl (C=O) groups is 1. The van der Waals surface area contributed by atoms with E-state index in [9.17, 15) is 14.9 Å². The largest absolute Gasteiger partial charge is 0.493 e.